The summed E-state index contributed by atoms with van der Waals surface area (Å²) in [6.07, 6.45) is 2.99. The van der Waals surface area contributed by atoms with Crippen LogP contribution in [0.1, 0.15) is 26.2 Å². The lowest BCUT2D eigenvalue weighted by Crippen LogP contribution is -2.28. The number of hydrogen-bond acceptors (Lipinski definition) is 1. The van der Waals surface area contributed by atoms with Gasteiger partial charge in [0, 0.05) is 17.3 Å². The third kappa shape index (κ3) is 1.22. The number of carbonyl (C=O) groups is 1. The molecule has 0 aromatic heterocycles. The van der Waals surface area contributed by atoms with Gasteiger partial charge in [-0.2, -0.15) is 0 Å². The van der Waals surface area contributed by atoms with Crippen LogP contribution in [0.25, 0.3) is 0 Å². The van der Waals surface area contributed by atoms with Crippen LogP contribution in [0.2, 0.25) is 0 Å². The molecule has 0 spiro atoms. The molecule has 3 heteroatoms. The zero-order valence-corrected chi connectivity index (χ0v) is 7.97. The van der Waals surface area contributed by atoms with Crippen LogP contribution in [0.15, 0.2) is 0 Å². The fourth-order valence-electron chi connectivity index (χ4n) is 2.47. The van der Waals surface area contributed by atoms with E-state index < -0.39 is 0 Å². The maximum atomic E-state index is 11.4. The zero-order chi connectivity index (χ0) is 8.72. The molecular weight excluding hydrogens is 174 g/mol. The summed E-state index contributed by atoms with van der Waals surface area (Å²) in [4.78, 5) is 11.4. The van der Waals surface area contributed by atoms with Crippen LogP contribution in [0, 0.1) is 11.8 Å². The molecule has 2 fully saturated rings. The summed E-state index contributed by atoms with van der Waals surface area (Å²) in [7, 11) is 0. The molecule has 0 radical (unpaired) electrons. The molecular formula is C9H14ClNO. The van der Waals surface area contributed by atoms with Gasteiger partial charge in [0.25, 0.3) is 0 Å². The molecule has 0 aromatic rings. The fourth-order valence-corrected chi connectivity index (χ4v) is 2.80. The van der Waals surface area contributed by atoms with Gasteiger partial charge in [0.15, 0.2) is 0 Å². The Labute approximate surface area is 77.7 Å². The molecule has 2 rings (SSSR count). The van der Waals surface area contributed by atoms with E-state index in [9.17, 15) is 4.79 Å². The van der Waals surface area contributed by atoms with Gasteiger partial charge in [-0.25, -0.2) is 0 Å². The predicted molar refractivity (Wildman–Crippen MR) is 48.1 cm³/mol. The largest absolute Gasteiger partial charge is 0.353 e. The van der Waals surface area contributed by atoms with E-state index >= 15 is 0 Å². The van der Waals surface area contributed by atoms with Gasteiger partial charge in [0.1, 0.15) is 0 Å². The molecule has 0 bridgehead atoms. The Balaban J connectivity index is 2.12. The Morgan fingerprint density at radius 2 is 2.25 bits per heavy atom. The van der Waals surface area contributed by atoms with Gasteiger partial charge in [-0.1, -0.05) is 0 Å². The highest BCUT2D eigenvalue weighted by atomic mass is 35.5. The predicted octanol–water partition coefficient (Wildman–Crippen LogP) is 1.53. The highest BCUT2D eigenvalue weighted by Gasteiger charge is 2.42. The van der Waals surface area contributed by atoms with Crippen molar-refractivity contribution in [3.63, 3.8) is 0 Å². The molecule has 1 N–H and O–H groups in total. The van der Waals surface area contributed by atoms with E-state index in [0.717, 1.165) is 19.3 Å². The molecule has 2 aliphatic rings. The summed E-state index contributed by atoms with van der Waals surface area (Å²) < 4.78 is 0. The lowest BCUT2D eigenvalue weighted by molar-refractivity contribution is -0.123. The first kappa shape index (κ1) is 8.36. The average Bonchev–Trinajstić information content (AvgIpc) is 2.28. The third-order valence-electron chi connectivity index (χ3n) is 3.18. The highest BCUT2D eigenvalue weighted by molar-refractivity contribution is 6.20. The Morgan fingerprint density at radius 3 is 3.00 bits per heavy atom. The van der Waals surface area contributed by atoms with Gasteiger partial charge in [0.2, 0.25) is 5.91 Å². The summed E-state index contributed by atoms with van der Waals surface area (Å²) >= 11 is 6.06. The number of amides is 1. The van der Waals surface area contributed by atoms with Crippen LogP contribution in [-0.2, 0) is 4.79 Å². The Bertz CT molecular complexity index is 207. The monoisotopic (exact) mass is 187 g/mol. The summed E-state index contributed by atoms with van der Waals surface area (Å²) in [5.74, 6) is 1.000. The molecule has 1 aliphatic carbocycles. The highest BCUT2D eigenvalue weighted by Crippen LogP contribution is 2.38. The van der Waals surface area contributed by atoms with Crippen molar-refractivity contribution in [1.82, 2.24) is 5.32 Å². The Kier molecular flexibility index (Phi) is 2.03. The van der Waals surface area contributed by atoms with Crippen LogP contribution in [0.4, 0.5) is 0 Å². The first-order chi connectivity index (χ1) is 5.68. The number of carbonyl (C=O) groups excluding carboxylic acids is 1. The summed E-state index contributed by atoms with van der Waals surface area (Å²) in [6, 6.07) is 0.337. The van der Waals surface area contributed by atoms with Crippen LogP contribution in [-0.4, -0.2) is 17.3 Å². The van der Waals surface area contributed by atoms with E-state index in [-0.39, 0.29) is 11.8 Å². The minimum atomic E-state index is 0.246. The van der Waals surface area contributed by atoms with E-state index in [1.165, 1.54) is 0 Å². The second-order valence-corrected chi connectivity index (χ2v) is 4.60. The van der Waals surface area contributed by atoms with E-state index in [0.29, 0.717) is 17.3 Å². The number of alkyl halides is 1. The standard InChI is InChI=1S/C9H14ClNO/c1-5-8-4-6(10)2-3-7(8)9(12)11-5/h5-8H,2-4H2,1H3,(H,11,12). The first-order valence-electron chi connectivity index (χ1n) is 4.63. The van der Waals surface area contributed by atoms with E-state index in [4.69, 9.17) is 11.6 Å². The van der Waals surface area contributed by atoms with E-state index in [2.05, 4.69) is 12.2 Å². The quantitative estimate of drug-likeness (QED) is 0.573. The maximum absolute atomic E-state index is 11.4. The molecule has 1 heterocycles. The Morgan fingerprint density at radius 1 is 1.50 bits per heavy atom. The second kappa shape index (κ2) is 2.91. The molecule has 4 atom stereocenters. The number of rotatable bonds is 0. The van der Waals surface area contributed by atoms with Crippen LogP contribution in [0.3, 0.4) is 0 Å². The molecule has 0 aromatic carbocycles. The van der Waals surface area contributed by atoms with Crippen LogP contribution < -0.4 is 5.32 Å². The lowest BCUT2D eigenvalue weighted by Gasteiger charge is -2.28. The lowest BCUT2D eigenvalue weighted by atomic mass is 9.78. The molecule has 68 valence electrons. The normalized spacial score (nSPS) is 47.0. The van der Waals surface area contributed by atoms with Crippen molar-refractivity contribution in [2.45, 2.75) is 37.6 Å². The Hall–Kier alpha value is -0.240. The fraction of sp³-hybridized carbons (Fsp3) is 0.889. The van der Waals surface area contributed by atoms with Gasteiger partial charge in [0.05, 0.1) is 0 Å². The van der Waals surface area contributed by atoms with Gasteiger partial charge >= 0.3 is 0 Å². The summed E-state index contributed by atoms with van der Waals surface area (Å²) in [5, 5.41) is 3.27. The van der Waals surface area contributed by atoms with Gasteiger partial charge in [-0.3, -0.25) is 4.79 Å². The summed E-state index contributed by atoms with van der Waals surface area (Å²) in [6.45, 7) is 2.08. The summed E-state index contributed by atoms with van der Waals surface area (Å²) in [5.41, 5.74) is 0. The van der Waals surface area contributed by atoms with Crippen LogP contribution >= 0.6 is 11.6 Å². The van der Waals surface area contributed by atoms with Gasteiger partial charge in [-0.15, -0.1) is 11.6 Å². The molecule has 1 aliphatic heterocycles. The van der Waals surface area contributed by atoms with Crippen molar-refractivity contribution in [1.29, 1.82) is 0 Å². The van der Waals surface area contributed by atoms with Crippen molar-refractivity contribution in [3.8, 4) is 0 Å². The maximum Gasteiger partial charge on any atom is 0.223 e. The van der Waals surface area contributed by atoms with Gasteiger partial charge in [-0.05, 0) is 32.1 Å². The minimum Gasteiger partial charge on any atom is -0.353 e. The number of fused-ring (bicyclic) bond motifs is 1. The molecule has 1 amide bonds. The SMILES string of the molecule is CC1NC(=O)C2CCC(Cl)CC12. The number of hydrogen-bond donors (Lipinski definition) is 1. The van der Waals surface area contributed by atoms with Crippen molar-refractivity contribution in [2.75, 3.05) is 0 Å². The number of halogens is 1. The zero-order valence-electron chi connectivity index (χ0n) is 7.22. The topological polar surface area (TPSA) is 29.1 Å². The van der Waals surface area contributed by atoms with E-state index in [1.807, 2.05) is 0 Å². The molecule has 1 saturated heterocycles. The first-order valence-corrected chi connectivity index (χ1v) is 5.06. The molecule has 2 nitrogen and oxygen atoms in total. The van der Waals surface area contributed by atoms with Crippen LogP contribution in [0.5, 0.6) is 0 Å². The molecule has 12 heavy (non-hydrogen) atoms. The third-order valence-corrected chi connectivity index (χ3v) is 3.58. The van der Waals surface area contributed by atoms with Crippen molar-refractivity contribution < 1.29 is 4.79 Å². The average molecular weight is 188 g/mol. The van der Waals surface area contributed by atoms with Crippen molar-refractivity contribution in [3.05, 3.63) is 0 Å². The van der Waals surface area contributed by atoms with Crippen molar-refractivity contribution in [2.24, 2.45) is 11.8 Å². The number of nitrogens with one attached hydrogen (secondary N) is 1. The minimum absolute atomic E-state index is 0.246. The smallest absolute Gasteiger partial charge is 0.223 e. The van der Waals surface area contributed by atoms with Gasteiger partial charge < -0.3 is 5.32 Å². The van der Waals surface area contributed by atoms with E-state index in [1.54, 1.807) is 0 Å². The van der Waals surface area contributed by atoms with Crippen molar-refractivity contribution >= 4 is 17.5 Å². The second-order valence-electron chi connectivity index (χ2n) is 3.98. The molecule has 4 unspecified atom stereocenters. The molecule has 1 saturated carbocycles.